The van der Waals surface area contributed by atoms with Crippen molar-refractivity contribution in [3.05, 3.63) is 60.2 Å². The molecule has 2 aromatic rings. The lowest BCUT2D eigenvalue weighted by Crippen LogP contribution is -2.48. The number of nitrogens with one attached hydrogen (secondary N) is 1. The first-order chi connectivity index (χ1) is 13.8. The van der Waals surface area contributed by atoms with Crippen molar-refractivity contribution in [2.45, 2.75) is 59.8 Å². The van der Waals surface area contributed by atoms with Crippen LogP contribution in [0.25, 0.3) is 0 Å². The van der Waals surface area contributed by atoms with Gasteiger partial charge < -0.3 is 5.32 Å². The van der Waals surface area contributed by atoms with E-state index in [-0.39, 0.29) is 29.3 Å². The molecular formula is C22H30F3N3O2+2. The van der Waals surface area contributed by atoms with E-state index in [2.05, 4.69) is 23.7 Å². The third-order valence-electron chi connectivity index (χ3n) is 4.04. The zero-order valence-electron chi connectivity index (χ0n) is 18.2. The number of nitrogens with zero attached hydrogens (tertiary/aromatic N) is 2. The quantitative estimate of drug-likeness (QED) is 0.754. The van der Waals surface area contributed by atoms with E-state index in [9.17, 15) is 22.8 Å². The van der Waals surface area contributed by atoms with Gasteiger partial charge in [0.15, 0.2) is 6.04 Å². The molecule has 5 nitrogen and oxygen atoms in total. The minimum absolute atomic E-state index is 0.0369. The van der Waals surface area contributed by atoms with E-state index < -0.39 is 11.7 Å². The van der Waals surface area contributed by atoms with Gasteiger partial charge in [-0.15, -0.1) is 4.57 Å². The first kappa shape index (κ1) is 25.3. The van der Waals surface area contributed by atoms with Crippen LogP contribution < -0.4 is 14.5 Å². The topological polar surface area (TPSA) is 53.9 Å². The van der Waals surface area contributed by atoms with Crippen molar-refractivity contribution in [2.24, 2.45) is 5.92 Å². The molecule has 30 heavy (non-hydrogen) atoms. The lowest BCUT2D eigenvalue weighted by Gasteiger charge is -2.10. The molecule has 0 fully saturated rings. The van der Waals surface area contributed by atoms with Crippen molar-refractivity contribution in [3.63, 3.8) is 0 Å². The molecular weight excluding hydrogens is 395 g/mol. The molecule has 0 aliphatic rings. The Kier molecular flexibility index (Phi) is 9.14. The van der Waals surface area contributed by atoms with E-state index in [0.717, 1.165) is 12.1 Å². The average Bonchev–Trinajstić information content (AvgIpc) is 2.66. The molecule has 2 rings (SSSR count). The van der Waals surface area contributed by atoms with E-state index in [1.165, 1.54) is 12.1 Å². The average molecular weight is 425 g/mol. The SMILES string of the molecule is CC(C)C(=O)[n+]1cc[n+](C(C)C)cc1.CC(C)NC(=O)c1ccc(C(F)(F)F)cc1. The third kappa shape index (κ3) is 7.93. The number of amides is 1. The molecule has 0 saturated carbocycles. The number of alkyl halides is 3. The van der Waals surface area contributed by atoms with E-state index in [4.69, 9.17) is 0 Å². The van der Waals surface area contributed by atoms with E-state index >= 15 is 0 Å². The van der Waals surface area contributed by atoms with Crippen LogP contribution in [-0.4, -0.2) is 17.9 Å². The van der Waals surface area contributed by atoms with Crippen LogP contribution in [0.1, 0.15) is 68.3 Å². The molecule has 0 bridgehead atoms. The highest BCUT2D eigenvalue weighted by molar-refractivity contribution is 5.94. The van der Waals surface area contributed by atoms with Gasteiger partial charge in [-0.3, -0.25) is 4.79 Å². The van der Waals surface area contributed by atoms with Gasteiger partial charge in [0.05, 0.1) is 11.5 Å². The van der Waals surface area contributed by atoms with Gasteiger partial charge in [-0.1, -0.05) is 0 Å². The third-order valence-corrected chi connectivity index (χ3v) is 4.04. The zero-order chi connectivity index (χ0) is 23.1. The molecule has 1 amide bonds. The van der Waals surface area contributed by atoms with Crippen molar-refractivity contribution >= 4 is 11.8 Å². The minimum Gasteiger partial charge on any atom is -0.350 e. The summed E-state index contributed by atoms with van der Waals surface area (Å²) in [5.41, 5.74) is -0.532. The first-order valence-electron chi connectivity index (χ1n) is 9.77. The summed E-state index contributed by atoms with van der Waals surface area (Å²) < 4.78 is 40.4. The molecule has 0 unspecified atom stereocenters. The van der Waals surface area contributed by atoms with Gasteiger partial charge >= 0.3 is 12.1 Å². The standard InChI is InChI=1S/C11H12F3NO.C11H18N2O/c1-7(2)15-10(16)8-3-5-9(6-4-8)11(12,13)14;1-9(2)11(14)13-7-5-12(6-8-13)10(3)4/h3-7H,1-2H3,(H,15,16);5-10H,1-4H3/q;+2. The molecule has 8 heteroatoms. The molecule has 164 valence electrons. The zero-order valence-corrected chi connectivity index (χ0v) is 18.2. The molecule has 0 aliphatic carbocycles. The Morgan fingerprint density at radius 2 is 1.37 bits per heavy atom. The Bertz CT molecular complexity index is 828. The molecule has 0 atom stereocenters. The number of rotatable bonds is 4. The highest BCUT2D eigenvalue weighted by atomic mass is 19.4. The van der Waals surface area contributed by atoms with E-state index in [0.29, 0.717) is 6.04 Å². The summed E-state index contributed by atoms with van der Waals surface area (Å²) in [7, 11) is 0. The van der Waals surface area contributed by atoms with Gasteiger partial charge in [-0.25, -0.2) is 4.79 Å². The second-order valence-corrected chi connectivity index (χ2v) is 7.74. The maximum atomic E-state index is 12.2. The number of carbonyl (C=O) groups excluding carboxylic acids is 2. The Labute approximate surface area is 175 Å². The van der Waals surface area contributed by atoms with Gasteiger partial charge in [0.2, 0.25) is 24.8 Å². The van der Waals surface area contributed by atoms with Crippen LogP contribution in [-0.2, 0) is 6.18 Å². The summed E-state index contributed by atoms with van der Waals surface area (Å²) in [6, 6.07) is 4.51. The predicted octanol–water partition coefficient (Wildman–Crippen LogP) is 3.98. The van der Waals surface area contributed by atoms with Crippen molar-refractivity contribution in [1.29, 1.82) is 0 Å². The molecule has 0 aliphatic heterocycles. The summed E-state index contributed by atoms with van der Waals surface area (Å²) in [4.78, 5) is 23.0. The molecule has 0 saturated heterocycles. The minimum atomic E-state index is -4.37. The smallest absolute Gasteiger partial charge is 0.350 e. The fraction of sp³-hybridized carbons (Fsp3) is 0.455. The van der Waals surface area contributed by atoms with Crippen molar-refractivity contribution in [1.82, 2.24) is 5.32 Å². The van der Waals surface area contributed by atoms with Crippen LogP contribution >= 0.6 is 0 Å². The van der Waals surface area contributed by atoms with E-state index in [1.807, 2.05) is 38.6 Å². The lowest BCUT2D eigenvalue weighted by atomic mass is 10.1. The Morgan fingerprint density at radius 3 is 1.73 bits per heavy atom. The summed E-state index contributed by atoms with van der Waals surface area (Å²) in [6.07, 6.45) is 3.09. The summed E-state index contributed by atoms with van der Waals surface area (Å²) in [5, 5.41) is 2.60. The number of hydrogen-bond acceptors (Lipinski definition) is 2. The van der Waals surface area contributed by atoms with Gasteiger partial charge in [-0.05, 0) is 65.8 Å². The second kappa shape index (κ2) is 10.8. The van der Waals surface area contributed by atoms with Crippen LogP contribution in [0.3, 0.4) is 0 Å². The van der Waals surface area contributed by atoms with Crippen LogP contribution in [0.2, 0.25) is 0 Å². The number of benzene rings is 1. The monoisotopic (exact) mass is 425 g/mol. The van der Waals surface area contributed by atoms with Crippen LogP contribution in [0.5, 0.6) is 0 Å². The van der Waals surface area contributed by atoms with Gasteiger partial charge in [-0.2, -0.15) is 17.7 Å². The van der Waals surface area contributed by atoms with Crippen LogP contribution in [0.4, 0.5) is 13.2 Å². The maximum Gasteiger partial charge on any atom is 0.416 e. The lowest BCUT2D eigenvalue weighted by molar-refractivity contribution is -0.734. The van der Waals surface area contributed by atoms with Crippen molar-refractivity contribution < 1.29 is 31.9 Å². The molecule has 0 spiro atoms. The normalized spacial score (nSPS) is 11.3. The second-order valence-electron chi connectivity index (χ2n) is 7.74. The number of aromatic nitrogens is 2. The van der Waals surface area contributed by atoms with Gasteiger partial charge in [0.1, 0.15) is 0 Å². The van der Waals surface area contributed by atoms with Gasteiger partial charge in [0.25, 0.3) is 5.91 Å². The highest BCUT2D eigenvalue weighted by Gasteiger charge is 2.30. The number of carbonyl (C=O) groups is 2. The van der Waals surface area contributed by atoms with Crippen LogP contribution in [0.15, 0.2) is 49.1 Å². The Balaban J connectivity index is 0.000000303. The molecule has 0 radical (unpaired) electrons. The summed E-state index contributed by atoms with van der Waals surface area (Å²) in [6.45, 7) is 11.6. The Hall–Kier alpha value is -2.77. The Morgan fingerprint density at radius 1 is 0.867 bits per heavy atom. The largest absolute Gasteiger partial charge is 0.416 e. The number of hydrogen-bond donors (Lipinski definition) is 1. The predicted molar refractivity (Wildman–Crippen MR) is 107 cm³/mol. The van der Waals surface area contributed by atoms with Crippen molar-refractivity contribution in [2.75, 3.05) is 0 Å². The summed E-state index contributed by atoms with van der Waals surface area (Å²) >= 11 is 0. The fourth-order valence-electron chi connectivity index (χ4n) is 2.34. The molecule has 1 aromatic carbocycles. The van der Waals surface area contributed by atoms with Crippen LogP contribution in [0, 0.1) is 5.92 Å². The number of halogens is 3. The highest BCUT2D eigenvalue weighted by Crippen LogP contribution is 2.29. The maximum absolute atomic E-state index is 12.2. The van der Waals surface area contributed by atoms with Gasteiger partial charge in [0, 0.05) is 11.6 Å². The molecule has 1 aromatic heterocycles. The van der Waals surface area contributed by atoms with E-state index in [1.54, 1.807) is 18.4 Å². The summed E-state index contributed by atoms with van der Waals surface area (Å²) in [5.74, 6) is -0.209. The fourth-order valence-corrected chi connectivity index (χ4v) is 2.34. The first-order valence-corrected chi connectivity index (χ1v) is 9.77. The molecule has 1 N–H and O–H groups in total. The molecule has 1 heterocycles. The van der Waals surface area contributed by atoms with Crippen molar-refractivity contribution in [3.8, 4) is 0 Å².